The molecule has 1 aromatic carbocycles. The Morgan fingerprint density at radius 3 is 2.69 bits per heavy atom. The number of rotatable bonds is 6. The number of likely N-dealkylation sites (N-methyl/N-ethyl adjacent to an activating group) is 1. The lowest BCUT2D eigenvalue weighted by Crippen LogP contribution is -2.58. The lowest BCUT2D eigenvalue weighted by Gasteiger charge is -2.49. The minimum absolute atomic E-state index is 0.216. The van der Waals surface area contributed by atoms with Gasteiger partial charge in [0.25, 0.3) is 0 Å². The summed E-state index contributed by atoms with van der Waals surface area (Å²) >= 11 is 1.61. The number of nitrogens with zero attached hydrogens (tertiary/aromatic N) is 4. The SMILES string of the molecule is CNCC(=O)N1[C@@H]2CCC[C@H]1CC(Nc1nc(Nc3ncc(C)s3)c3ccccc3n1)C2. The van der Waals surface area contributed by atoms with Crippen molar-refractivity contribution in [1.29, 1.82) is 0 Å². The Balaban J connectivity index is 1.38. The van der Waals surface area contributed by atoms with Gasteiger partial charge in [-0.15, -0.1) is 11.3 Å². The van der Waals surface area contributed by atoms with Crippen molar-refractivity contribution in [3.8, 4) is 0 Å². The standard InChI is InChI=1S/C23H29N7OS/c1-14-12-25-23(32-14)29-21-18-8-3-4-9-19(18)27-22(28-21)26-15-10-16-6-5-7-17(11-15)30(16)20(31)13-24-2/h3-4,8-9,12,15-17,24H,5-7,10-11,13H2,1-2H3,(H2,25,26,27,28,29)/t15?,16-,17+. The molecule has 168 valence electrons. The summed E-state index contributed by atoms with van der Waals surface area (Å²) in [6.45, 7) is 2.45. The van der Waals surface area contributed by atoms with Gasteiger partial charge in [0.1, 0.15) is 5.82 Å². The summed E-state index contributed by atoms with van der Waals surface area (Å²) in [4.78, 5) is 30.0. The third-order valence-electron chi connectivity index (χ3n) is 6.37. The van der Waals surface area contributed by atoms with Crippen LogP contribution < -0.4 is 16.0 Å². The molecule has 2 aromatic heterocycles. The predicted molar refractivity (Wildman–Crippen MR) is 129 cm³/mol. The molecule has 4 heterocycles. The Labute approximate surface area is 191 Å². The molecule has 3 aromatic rings. The van der Waals surface area contributed by atoms with Crippen molar-refractivity contribution in [3.63, 3.8) is 0 Å². The third-order valence-corrected chi connectivity index (χ3v) is 7.20. The number of nitrogens with one attached hydrogen (secondary N) is 3. The van der Waals surface area contributed by atoms with Gasteiger partial charge in [-0.05, 0) is 58.2 Å². The molecule has 1 unspecified atom stereocenters. The van der Waals surface area contributed by atoms with Gasteiger partial charge < -0.3 is 20.9 Å². The molecule has 3 atom stereocenters. The monoisotopic (exact) mass is 451 g/mol. The first-order valence-corrected chi connectivity index (χ1v) is 12.1. The number of aromatic nitrogens is 3. The second-order valence-electron chi connectivity index (χ2n) is 8.70. The van der Waals surface area contributed by atoms with Crippen LogP contribution in [0.4, 0.5) is 16.9 Å². The molecule has 3 N–H and O–H groups in total. The van der Waals surface area contributed by atoms with E-state index in [0.717, 1.165) is 52.4 Å². The van der Waals surface area contributed by atoms with Crippen molar-refractivity contribution < 1.29 is 4.79 Å². The van der Waals surface area contributed by atoms with Gasteiger partial charge in [-0.3, -0.25) is 4.79 Å². The van der Waals surface area contributed by atoms with Crippen LogP contribution >= 0.6 is 11.3 Å². The van der Waals surface area contributed by atoms with Gasteiger partial charge in [-0.25, -0.2) is 9.97 Å². The van der Waals surface area contributed by atoms with E-state index in [4.69, 9.17) is 9.97 Å². The highest BCUT2D eigenvalue weighted by atomic mass is 32.1. The van der Waals surface area contributed by atoms with Gasteiger partial charge in [-0.2, -0.15) is 4.98 Å². The number of carbonyl (C=O) groups excluding carboxylic acids is 1. The second-order valence-corrected chi connectivity index (χ2v) is 9.93. The Hall–Kier alpha value is -2.78. The second kappa shape index (κ2) is 8.99. The number of carbonyl (C=O) groups is 1. The van der Waals surface area contributed by atoms with Crippen LogP contribution in [-0.4, -0.2) is 57.5 Å². The first kappa shape index (κ1) is 21.1. The van der Waals surface area contributed by atoms with Crippen LogP contribution in [0.25, 0.3) is 10.9 Å². The number of thiazole rings is 1. The maximum atomic E-state index is 12.6. The maximum absolute atomic E-state index is 12.6. The molecule has 2 aliphatic rings. The molecule has 9 heteroatoms. The Bertz CT molecular complexity index is 1100. The molecule has 2 aliphatic heterocycles. The van der Waals surface area contributed by atoms with Crippen molar-refractivity contribution in [2.24, 2.45) is 0 Å². The minimum Gasteiger partial charge on any atom is -0.351 e. The summed E-state index contributed by atoms with van der Waals surface area (Å²) in [6, 6.07) is 8.85. The van der Waals surface area contributed by atoms with E-state index in [1.54, 1.807) is 11.3 Å². The van der Waals surface area contributed by atoms with E-state index in [0.29, 0.717) is 12.5 Å². The molecule has 1 amide bonds. The molecule has 2 saturated heterocycles. The lowest BCUT2D eigenvalue weighted by molar-refractivity contribution is -0.139. The number of hydrogen-bond acceptors (Lipinski definition) is 8. The average molecular weight is 452 g/mol. The van der Waals surface area contributed by atoms with E-state index >= 15 is 0 Å². The molecular weight excluding hydrogens is 422 g/mol. The summed E-state index contributed by atoms with van der Waals surface area (Å²) in [5.41, 5.74) is 0.891. The van der Waals surface area contributed by atoms with Crippen LogP contribution in [0.1, 0.15) is 37.0 Å². The van der Waals surface area contributed by atoms with Gasteiger partial charge in [-0.1, -0.05) is 12.1 Å². The molecular formula is C23H29N7OS. The summed E-state index contributed by atoms with van der Waals surface area (Å²) in [5.74, 6) is 1.60. The third kappa shape index (κ3) is 4.27. The molecule has 0 radical (unpaired) electrons. The van der Waals surface area contributed by atoms with Crippen LogP contribution in [0, 0.1) is 6.92 Å². The van der Waals surface area contributed by atoms with Crippen molar-refractivity contribution >= 4 is 45.0 Å². The molecule has 32 heavy (non-hydrogen) atoms. The highest BCUT2D eigenvalue weighted by Crippen LogP contribution is 2.35. The Morgan fingerprint density at radius 2 is 1.97 bits per heavy atom. The molecule has 5 rings (SSSR count). The Kier molecular flexibility index (Phi) is 5.93. The van der Waals surface area contributed by atoms with E-state index in [9.17, 15) is 4.79 Å². The highest BCUT2D eigenvalue weighted by Gasteiger charge is 2.40. The van der Waals surface area contributed by atoms with Crippen molar-refractivity contribution in [3.05, 3.63) is 35.3 Å². The Morgan fingerprint density at radius 1 is 1.19 bits per heavy atom. The van der Waals surface area contributed by atoms with Gasteiger partial charge in [0.2, 0.25) is 11.9 Å². The van der Waals surface area contributed by atoms with Gasteiger partial charge in [0, 0.05) is 34.6 Å². The fourth-order valence-electron chi connectivity index (χ4n) is 5.08. The topological polar surface area (TPSA) is 95.1 Å². The van der Waals surface area contributed by atoms with E-state index in [2.05, 4.69) is 25.8 Å². The number of amides is 1. The van der Waals surface area contributed by atoms with Gasteiger partial charge in [0.15, 0.2) is 5.13 Å². The van der Waals surface area contributed by atoms with E-state index < -0.39 is 0 Å². The fraction of sp³-hybridized carbons (Fsp3) is 0.478. The van der Waals surface area contributed by atoms with E-state index in [1.165, 1.54) is 6.42 Å². The molecule has 8 nitrogen and oxygen atoms in total. The van der Waals surface area contributed by atoms with E-state index in [-0.39, 0.29) is 24.0 Å². The number of fused-ring (bicyclic) bond motifs is 3. The zero-order valence-corrected chi connectivity index (χ0v) is 19.3. The van der Waals surface area contributed by atoms with Crippen LogP contribution in [0.15, 0.2) is 30.5 Å². The quantitative estimate of drug-likeness (QED) is 0.526. The first-order valence-electron chi connectivity index (χ1n) is 11.3. The summed E-state index contributed by atoms with van der Waals surface area (Å²) in [6.07, 6.45) is 7.04. The number of aryl methyl sites for hydroxylation is 1. The predicted octanol–water partition coefficient (Wildman–Crippen LogP) is 3.68. The van der Waals surface area contributed by atoms with E-state index in [1.807, 2.05) is 44.4 Å². The number of benzene rings is 1. The largest absolute Gasteiger partial charge is 0.351 e. The van der Waals surface area contributed by atoms with Crippen molar-refractivity contribution in [2.45, 2.75) is 57.2 Å². The molecule has 0 aliphatic carbocycles. The zero-order valence-electron chi connectivity index (χ0n) is 18.5. The first-order chi connectivity index (χ1) is 15.6. The van der Waals surface area contributed by atoms with Crippen LogP contribution in [-0.2, 0) is 4.79 Å². The van der Waals surface area contributed by atoms with Crippen molar-refractivity contribution in [1.82, 2.24) is 25.2 Å². The smallest absolute Gasteiger partial charge is 0.237 e. The molecule has 2 fully saturated rings. The number of anilines is 3. The highest BCUT2D eigenvalue weighted by molar-refractivity contribution is 7.15. The minimum atomic E-state index is 0.216. The lowest BCUT2D eigenvalue weighted by atomic mass is 9.81. The number of piperidine rings is 2. The number of hydrogen-bond donors (Lipinski definition) is 3. The molecule has 0 spiro atoms. The summed E-state index contributed by atoms with van der Waals surface area (Å²) in [7, 11) is 1.83. The van der Waals surface area contributed by atoms with Crippen LogP contribution in [0.5, 0.6) is 0 Å². The van der Waals surface area contributed by atoms with Crippen LogP contribution in [0.2, 0.25) is 0 Å². The summed E-state index contributed by atoms with van der Waals surface area (Å²) < 4.78 is 0. The van der Waals surface area contributed by atoms with Crippen LogP contribution in [0.3, 0.4) is 0 Å². The zero-order chi connectivity index (χ0) is 22.1. The van der Waals surface area contributed by atoms with Gasteiger partial charge in [0.05, 0.1) is 12.1 Å². The maximum Gasteiger partial charge on any atom is 0.237 e. The molecule has 0 saturated carbocycles. The fourth-order valence-corrected chi connectivity index (χ4v) is 5.75. The normalized spacial score (nSPS) is 22.7. The summed E-state index contributed by atoms with van der Waals surface area (Å²) in [5, 5.41) is 11.8. The number of para-hydroxylation sites is 1. The molecule has 2 bridgehead atoms. The van der Waals surface area contributed by atoms with Gasteiger partial charge >= 0.3 is 0 Å². The average Bonchev–Trinajstić information content (AvgIpc) is 3.18. The van der Waals surface area contributed by atoms with Crippen molar-refractivity contribution in [2.75, 3.05) is 24.2 Å².